The fraction of sp³-hybridized carbons (Fsp3) is 0.105. The molecule has 8 heteroatoms. The molecule has 0 saturated heterocycles. The van der Waals surface area contributed by atoms with Gasteiger partial charge in [-0.3, -0.25) is 4.79 Å². The van der Waals surface area contributed by atoms with E-state index in [1.165, 1.54) is 12.1 Å². The minimum Gasteiger partial charge on any atom is -0.494 e. The predicted molar refractivity (Wildman–Crippen MR) is 94.6 cm³/mol. The van der Waals surface area contributed by atoms with Gasteiger partial charge < -0.3 is 9.47 Å². The molecule has 142 valence electrons. The fourth-order valence-electron chi connectivity index (χ4n) is 2.66. The van der Waals surface area contributed by atoms with E-state index >= 15 is 0 Å². The number of carbonyl (C=O) groups excluding carboxylic acids is 1. The Labute approximate surface area is 155 Å². The number of ether oxygens (including phenoxy) is 2. The molecule has 0 saturated carbocycles. The van der Waals surface area contributed by atoms with Crippen LogP contribution in [0.2, 0.25) is 0 Å². The standard InChI is InChI=1S/C19H14F4O3S/c1-25-13-9-10(8-12(21)16(13)22)18(24)15-4-3-7-27(15)14-6-5-11(20)19(26-2)17(14)23/h3-9,27H,1-2H3. The molecule has 3 rings (SSSR count). The first-order valence-electron chi connectivity index (χ1n) is 7.66. The zero-order valence-corrected chi connectivity index (χ0v) is 15.1. The average Bonchev–Trinajstić information content (AvgIpc) is 3.13. The monoisotopic (exact) mass is 398 g/mol. The molecule has 1 atom stereocenters. The lowest BCUT2D eigenvalue weighted by atomic mass is 10.1. The molecule has 2 aromatic rings. The molecule has 3 nitrogen and oxygen atoms in total. The van der Waals surface area contributed by atoms with Crippen LogP contribution in [-0.4, -0.2) is 20.0 Å². The van der Waals surface area contributed by atoms with Crippen LogP contribution in [0.15, 0.2) is 51.6 Å². The number of hydrogen-bond donors (Lipinski definition) is 1. The molecule has 0 aliphatic carbocycles. The highest BCUT2D eigenvalue weighted by molar-refractivity contribution is 8.24. The molecule has 1 unspecified atom stereocenters. The summed E-state index contributed by atoms with van der Waals surface area (Å²) in [5.41, 5.74) is -0.136. The Bertz CT molecular complexity index is 985. The third kappa shape index (κ3) is 3.32. The summed E-state index contributed by atoms with van der Waals surface area (Å²) in [6.07, 6.45) is 3.03. The maximum absolute atomic E-state index is 14.6. The van der Waals surface area contributed by atoms with Gasteiger partial charge in [-0.25, -0.2) is 13.2 Å². The van der Waals surface area contributed by atoms with E-state index in [1.54, 1.807) is 11.5 Å². The molecular weight excluding hydrogens is 384 g/mol. The van der Waals surface area contributed by atoms with E-state index in [0.717, 1.165) is 32.4 Å². The first-order valence-corrected chi connectivity index (χ1v) is 9.07. The van der Waals surface area contributed by atoms with Crippen molar-refractivity contribution in [3.63, 3.8) is 0 Å². The zero-order valence-electron chi connectivity index (χ0n) is 14.2. The van der Waals surface area contributed by atoms with Crippen LogP contribution >= 0.6 is 10.9 Å². The number of Topliss-reactive ketones (excluding diaryl/α,β-unsaturated/α-hetero) is 1. The molecule has 2 aromatic carbocycles. The first-order chi connectivity index (χ1) is 12.9. The zero-order chi connectivity index (χ0) is 19.7. The highest BCUT2D eigenvalue weighted by Crippen LogP contribution is 2.52. The largest absolute Gasteiger partial charge is 0.494 e. The lowest BCUT2D eigenvalue weighted by Crippen LogP contribution is -2.06. The Hall–Kier alpha value is -2.74. The van der Waals surface area contributed by atoms with Crippen molar-refractivity contribution in [1.29, 1.82) is 0 Å². The third-order valence-corrected chi connectivity index (χ3v) is 6.16. The number of ketones is 1. The lowest BCUT2D eigenvalue weighted by molar-refractivity contribution is 0.104. The van der Waals surface area contributed by atoms with Crippen LogP contribution in [0.25, 0.3) is 0 Å². The van der Waals surface area contributed by atoms with Gasteiger partial charge in [0.2, 0.25) is 5.82 Å². The van der Waals surface area contributed by atoms with Crippen LogP contribution in [0.5, 0.6) is 11.5 Å². The Morgan fingerprint density at radius 2 is 1.70 bits per heavy atom. The van der Waals surface area contributed by atoms with Gasteiger partial charge in [0.1, 0.15) is 0 Å². The van der Waals surface area contributed by atoms with E-state index < -0.39 is 51.4 Å². The Morgan fingerprint density at radius 1 is 0.963 bits per heavy atom. The topological polar surface area (TPSA) is 35.5 Å². The lowest BCUT2D eigenvalue weighted by Gasteiger charge is -2.20. The summed E-state index contributed by atoms with van der Waals surface area (Å²) in [5, 5.41) is 1.61. The van der Waals surface area contributed by atoms with Gasteiger partial charge in [-0.15, -0.1) is 0 Å². The van der Waals surface area contributed by atoms with Crippen LogP contribution in [-0.2, 0) is 0 Å². The molecule has 1 aliphatic heterocycles. The molecule has 0 spiro atoms. The summed E-state index contributed by atoms with van der Waals surface area (Å²) >= 11 is 0. The SMILES string of the molecule is COc1cc(C(=O)C2=CC=C[SH]2c2ccc(F)c(OC)c2F)cc(F)c1F. The third-order valence-electron chi connectivity index (χ3n) is 3.95. The second-order valence-electron chi connectivity index (χ2n) is 5.48. The highest BCUT2D eigenvalue weighted by atomic mass is 32.2. The van der Waals surface area contributed by atoms with Gasteiger partial charge in [0.05, 0.1) is 14.2 Å². The van der Waals surface area contributed by atoms with E-state index in [9.17, 15) is 22.4 Å². The van der Waals surface area contributed by atoms with Gasteiger partial charge in [-0.1, -0.05) is 6.08 Å². The molecule has 1 heterocycles. The van der Waals surface area contributed by atoms with Gasteiger partial charge in [0.25, 0.3) is 0 Å². The van der Waals surface area contributed by atoms with E-state index in [4.69, 9.17) is 9.47 Å². The summed E-state index contributed by atoms with van der Waals surface area (Å²) < 4.78 is 65.1. The van der Waals surface area contributed by atoms with Gasteiger partial charge >= 0.3 is 0 Å². The summed E-state index contributed by atoms with van der Waals surface area (Å²) in [4.78, 5) is 13.1. The van der Waals surface area contributed by atoms with Crippen molar-refractivity contribution in [2.75, 3.05) is 14.2 Å². The number of methoxy groups -OCH3 is 2. The van der Waals surface area contributed by atoms with E-state index in [2.05, 4.69) is 0 Å². The maximum Gasteiger partial charge on any atom is 0.200 e. The van der Waals surface area contributed by atoms with E-state index in [1.807, 2.05) is 0 Å². The van der Waals surface area contributed by atoms with Crippen molar-refractivity contribution in [2.45, 2.75) is 4.90 Å². The molecule has 27 heavy (non-hydrogen) atoms. The molecule has 0 amide bonds. The van der Waals surface area contributed by atoms with Gasteiger partial charge in [-0.05, 0) is 35.7 Å². The Morgan fingerprint density at radius 3 is 2.37 bits per heavy atom. The van der Waals surface area contributed by atoms with E-state index in [0.29, 0.717) is 0 Å². The average molecular weight is 398 g/mol. The second-order valence-corrected chi connectivity index (χ2v) is 7.48. The number of hydrogen-bond acceptors (Lipinski definition) is 3. The van der Waals surface area contributed by atoms with Crippen LogP contribution in [0.4, 0.5) is 17.6 Å². The number of allylic oxidation sites excluding steroid dienone is 3. The van der Waals surface area contributed by atoms with Crippen LogP contribution in [0.1, 0.15) is 10.4 Å². The first kappa shape index (κ1) is 19.0. The highest BCUT2D eigenvalue weighted by Gasteiger charge is 2.27. The summed E-state index contributed by atoms with van der Waals surface area (Å²) in [6.45, 7) is 0. The number of carbonyl (C=O) groups is 1. The smallest absolute Gasteiger partial charge is 0.200 e. The Kier molecular flexibility index (Phi) is 5.27. The number of rotatable bonds is 5. The number of halogens is 4. The van der Waals surface area contributed by atoms with Crippen molar-refractivity contribution >= 4 is 16.7 Å². The van der Waals surface area contributed by atoms with Crippen LogP contribution in [0.3, 0.4) is 0 Å². The van der Waals surface area contributed by atoms with Crippen molar-refractivity contribution < 1.29 is 31.8 Å². The Balaban J connectivity index is 2.02. The summed E-state index contributed by atoms with van der Waals surface area (Å²) in [5.74, 6) is -5.77. The van der Waals surface area contributed by atoms with E-state index in [-0.39, 0.29) is 15.4 Å². The van der Waals surface area contributed by atoms with Crippen molar-refractivity contribution in [3.05, 3.63) is 75.6 Å². The molecule has 0 bridgehead atoms. The minimum absolute atomic E-state index is 0.0890. The summed E-state index contributed by atoms with van der Waals surface area (Å²) in [6, 6.07) is 4.12. The molecule has 1 aliphatic rings. The van der Waals surface area contributed by atoms with Crippen LogP contribution < -0.4 is 9.47 Å². The van der Waals surface area contributed by atoms with Crippen LogP contribution in [0, 0.1) is 23.3 Å². The summed E-state index contributed by atoms with van der Waals surface area (Å²) in [7, 11) is 0.685. The molecule has 0 radical (unpaired) electrons. The van der Waals surface area contributed by atoms with Gasteiger partial charge in [0, 0.05) is 15.4 Å². The van der Waals surface area contributed by atoms with Crippen molar-refractivity contribution in [2.24, 2.45) is 0 Å². The molecule has 0 fully saturated rings. The predicted octanol–water partition coefficient (Wildman–Crippen LogP) is 4.91. The van der Waals surface area contributed by atoms with Gasteiger partial charge in [0.15, 0.2) is 34.7 Å². The number of thiol groups is 1. The fourth-order valence-corrected chi connectivity index (χ4v) is 4.64. The molecular formula is C19H14F4O3S. The molecule has 0 N–H and O–H groups in total. The second kappa shape index (κ2) is 7.48. The molecule has 0 aromatic heterocycles. The number of benzene rings is 2. The normalized spacial score (nSPS) is 17.0. The van der Waals surface area contributed by atoms with Crippen molar-refractivity contribution in [3.8, 4) is 11.5 Å². The maximum atomic E-state index is 14.6. The minimum atomic E-state index is -1.60. The van der Waals surface area contributed by atoms with Crippen molar-refractivity contribution in [1.82, 2.24) is 0 Å². The quantitative estimate of drug-likeness (QED) is 0.441. The van der Waals surface area contributed by atoms with Gasteiger partial charge in [-0.2, -0.15) is 15.3 Å².